The summed E-state index contributed by atoms with van der Waals surface area (Å²) >= 11 is 0. The van der Waals surface area contributed by atoms with Crippen molar-refractivity contribution in [2.75, 3.05) is 39.4 Å². The zero-order valence-electron chi connectivity index (χ0n) is 20.5. The maximum atomic E-state index is 6.28. The Morgan fingerprint density at radius 2 is 1.45 bits per heavy atom. The molecule has 0 unspecified atom stereocenters. The highest BCUT2D eigenvalue weighted by Crippen LogP contribution is 2.27. The minimum absolute atomic E-state index is 0.389. The first-order chi connectivity index (χ1) is 16.3. The van der Waals surface area contributed by atoms with Gasteiger partial charge in [-0.2, -0.15) is 0 Å². The number of benzene rings is 2. The van der Waals surface area contributed by atoms with Crippen LogP contribution in [0.15, 0.2) is 54.6 Å². The van der Waals surface area contributed by atoms with Crippen LogP contribution in [-0.4, -0.2) is 71.6 Å². The topological polar surface area (TPSA) is 24.9 Å². The van der Waals surface area contributed by atoms with Gasteiger partial charge in [-0.05, 0) is 43.4 Å². The van der Waals surface area contributed by atoms with Crippen molar-refractivity contribution in [1.82, 2.24) is 9.80 Å². The number of nitrogens with zero attached hydrogens (tertiary/aromatic N) is 2. The molecule has 0 aromatic heterocycles. The van der Waals surface area contributed by atoms with Crippen LogP contribution in [-0.2, 0) is 11.3 Å². The van der Waals surface area contributed by atoms with Crippen LogP contribution in [0.3, 0.4) is 0 Å². The van der Waals surface area contributed by atoms with E-state index in [-0.39, 0.29) is 0 Å². The number of rotatable bonds is 5. The van der Waals surface area contributed by atoms with Crippen molar-refractivity contribution >= 4 is 15.4 Å². The minimum atomic E-state index is 0.389. The molecule has 1 saturated carbocycles. The van der Waals surface area contributed by atoms with Gasteiger partial charge < -0.3 is 14.4 Å². The van der Waals surface area contributed by atoms with E-state index >= 15 is 0 Å². The van der Waals surface area contributed by atoms with E-state index in [2.05, 4.69) is 58.3 Å². The summed E-state index contributed by atoms with van der Waals surface area (Å²) in [7, 11) is 1.17. The SMILES string of the molecule is [SiH3]c1ccccc1.c1cc(OC2CCN(C3CCCCC3)CC2)ccc1CN1CCOCC1. The number of hydrogen-bond donors (Lipinski definition) is 0. The predicted octanol–water partition coefficient (Wildman–Crippen LogP) is 3.37. The van der Waals surface area contributed by atoms with Crippen molar-refractivity contribution in [3.8, 4) is 5.75 Å². The third-order valence-electron chi connectivity index (χ3n) is 7.24. The molecule has 2 heterocycles. The summed E-state index contributed by atoms with van der Waals surface area (Å²) < 4.78 is 11.7. The number of piperidine rings is 1. The fourth-order valence-corrected chi connectivity index (χ4v) is 5.61. The number of ether oxygens (including phenoxy) is 2. The second-order valence-electron chi connectivity index (χ2n) is 9.83. The van der Waals surface area contributed by atoms with Gasteiger partial charge in [-0.3, -0.25) is 4.90 Å². The van der Waals surface area contributed by atoms with Crippen LogP contribution < -0.4 is 9.92 Å². The molecule has 3 aliphatic rings. The fraction of sp³-hybridized carbons (Fsp3) is 0.571. The van der Waals surface area contributed by atoms with Crippen LogP contribution >= 0.6 is 0 Å². The van der Waals surface area contributed by atoms with Crippen LogP contribution in [0.5, 0.6) is 5.75 Å². The van der Waals surface area contributed by atoms with Gasteiger partial charge in [0.05, 0.1) is 13.2 Å². The second-order valence-corrected chi connectivity index (χ2v) is 11.0. The Morgan fingerprint density at radius 3 is 2.06 bits per heavy atom. The maximum absolute atomic E-state index is 6.28. The van der Waals surface area contributed by atoms with Gasteiger partial charge in [-0.1, -0.05) is 66.9 Å². The molecule has 0 bridgehead atoms. The van der Waals surface area contributed by atoms with E-state index in [1.807, 2.05) is 6.07 Å². The molecule has 5 rings (SSSR count). The first-order valence-corrected chi connectivity index (χ1v) is 14.1. The Bertz CT molecular complexity index is 781. The molecule has 0 amide bonds. The summed E-state index contributed by atoms with van der Waals surface area (Å²) in [5, 5.41) is 1.46. The molecule has 33 heavy (non-hydrogen) atoms. The quantitative estimate of drug-likeness (QED) is 0.631. The first-order valence-electron chi connectivity index (χ1n) is 13.1. The Hall–Kier alpha value is -1.66. The van der Waals surface area contributed by atoms with Gasteiger partial charge >= 0.3 is 0 Å². The molecular weight excluding hydrogens is 424 g/mol. The van der Waals surface area contributed by atoms with Crippen LogP contribution in [0.25, 0.3) is 0 Å². The predicted molar refractivity (Wildman–Crippen MR) is 141 cm³/mol. The Labute approximate surface area is 203 Å². The molecule has 0 N–H and O–H groups in total. The smallest absolute Gasteiger partial charge is 0.119 e. The normalized spacial score (nSPS) is 21.3. The van der Waals surface area contributed by atoms with Crippen LogP contribution in [0, 0.1) is 0 Å². The van der Waals surface area contributed by atoms with Gasteiger partial charge in [0.25, 0.3) is 0 Å². The summed E-state index contributed by atoms with van der Waals surface area (Å²) in [6.07, 6.45) is 9.86. The van der Waals surface area contributed by atoms with Gasteiger partial charge in [-0.25, -0.2) is 0 Å². The molecule has 2 aromatic rings. The highest BCUT2D eigenvalue weighted by molar-refractivity contribution is 6.32. The van der Waals surface area contributed by atoms with Crippen molar-refractivity contribution in [3.63, 3.8) is 0 Å². The molecule has 0 radical (unpaired) electrons. The lowest BCUT2D eigenvalue weighted by Crippen LogP contribution is -2.44. The van der Waals surface area contributed by atoms with Gasteiger partial charge in [-0.15, -0.1) is 0 Å². The average molecular weight is 467 g/mol. The van der Waals surface area contributed by atoms with E-state index < -0.39 is 0 Å². The third kappa shape index (κ3) is 8.25. The van der Waals surface area contributed by atoms with Crippen molar-refractivity contribution in [2.24, 2.45) is 0 Å². The number of likely N-dealkylation sites (tertiary alicyclic amines) is 1. The molecule has 5 heteroatoms. The van der Waals surface area contributed by atoms with Crippen molar-refractivity contribution in [1.29, 1.82) is 0 Å². The van der Waals surface area contributed by atoms with E-state index in [0.29, 0.717) is 6.10 Å². The largest absolute Gasteiger partial charge is 0.490 e. The molecule has 180 valence electrons. The first kappa shape index (κ1) is 24.5. The van der Waals surface area contributed by atoms with Gasteiger partial charge in [0.1, 0.15) is 11.9 Å². The van der Waals surface area contributed by atoms with E-state index in [1.165, 1.54) is 79.0 Å². The average Bonchev–Trinajstić information content (AvgIpc) is 2.88. The van der Waals surface area contributed by atoms with Gasteiger partial charge in [0.2, 0.25) is 0 Å². The van der Waals surface area contributed by atoms with Gasteiger partial charge in [0, 0.05) is 49.0 Å². The Morgan fingerprint density at radius 1 is 0.788 bits per heavy atom. The summed E-state index contributed by atoms with van der Waals surface area (Å²) in [6, 6.07) is 20.1. The summed E-state index contributed by atoms with van der Waals surface area (Å²) in [5.74, 6) is 1.03. The van der Waals surface area contributed by atoms with E-state index in [9.17, 15) is 0 Å². The zero-order valence-corrected chi connectivity index (χ0v) is 22.5. The lowest BCUT2D eigenvalue weighted by Gasteiger charge is -2.39. The monoisotopic (exact) mass is 466 g/mol. The zero-order chi connectivity index (χ0) is 22.7. The van der Waals surface area contributed by atoms with Crippen LogP contribution in [0.2, 0.25) is 0 Å². The highest BCUT2D eigenvalue weighted by atomic mass is 28.1. The van der Waals surface area contributed by atoms with Crippen LogP contribution in [0.4, 0.5) is 0 Å². The molecular formula is C28H42N2O2Si. The Kier molecular flexibility index (Phi) is 9.85. The van der Waals surface area contributed by atoms with E-state index in [4.69, 9.17) is 9.47 Å². The second kappa shape index (κ2) is 13.3. The minimum Gasteiger partial charge on any atom is -0.490 e. The molecule has 2 aromatic carbocycles. The highest BCUT2D eigenvalue weighted by Gasteiger charge is 2.26. The fourth-order valence-electron chi connectivity index (χ4n) is 5.22. The standard InChI is InChI=1S/C22H34N2O2.C6H8Si/c1-2-4-20(5-3-1)24-12-10-22(11-13-24)26-21-8-6-19(7-9-21)18-23-14-16-25-17-15-23;7-6-4-2-1-3-5-6/h6-9,20,22H,1-5,10-18H2;1-5H,7H3. The van der Waals surface area contributed by atoms with Crippen molar-refractivity contribution in [2.45, 2.75) is 63.6 Å². The van der Waals surface area contributed by atoms with Crippen molar-refractivity contribution < 1.29 is 9.47 Å². The van der Waals surface area contributed by atoms with Crippen molar-refractivity contribution in [3.05, 3.63) is 60.2 Å². The molecule has 1 aliphatic carbocycles. The summed E-state index contributed by atoms with van der Waals surface area (Å²) in [6.45, 7) is 7.25. The summed E-state index contributed by atoms with van der Waals surface area (Å²) in [5.41, 5.74) is 1.37. The Balaban J connectivity index is 0.000000318. The molecule has 2 aliphatic heterocycles. The third-order valence-corrected chi connectivity index (χ3v) is 7.91. The molecule has 4 nitrogen and oxygen atoms in total. The molecule has 0 atom stereocenters. The molecule has 0 spiro atoms. The van der Waals surface area contributed by atoms with E-state index in [1.54, 1.807) is 0 Å². The molecule has 3 fully saturated rings. The lowest BCUT2D eigenvalue weighted by atomic mass is 9.92. The number of hydrogen-bond acceptors (Lipinski definition) is 4. The number of morpholine rings is 1. The summed E-state index contributed by atoms with van der Waals surface area (Å²) in [4.78, 5) is 5.19. The lowest BCUT2D eigenvalue weighted by molar-refractivity contribution is 0.0341. The molecule has 2 saturated heterocycles. The van der Waals surface area contributed by atoms with Crippen LogP contribution in [0.1, 0.15) is 50.5 Å². The maximum Gasteiger partial charge on any atom is 0.119 e. The van der Waals surface area contributed by atoms with E-state index in [0.717, 1.165) is 44.6 Å². The van der Waals surface area contributed by atoms with Gasteiger partial charge in [0.15, 0.2) is 0 Å².